The normalized spacial score (nSPS) is 10.9. The second-order valence-electron chi connectivity index (χ2n) is 4.31. The number of benzene rings is 2. The van der Waals surface area contributed by atoms with E-state index in [0.717, 1.165) is 40.2 Å². The van der Waals surface area contributed by atoms with E-state index in [1.165, 1.54) is 0 Å². The number of pyridine rings is 1. The van der Waals surface area contributed by atoms with Gasteiger partial charge in [0.05, 0.1) is 10.8 Å². The topological polar surface area (TPSA) is 20.9 Å². The zero-order valence-corrected chi connectivity index (χ0v) is 10.3. The molecule has 0 fully saturated rings. The fourth-order valence-corrected chi connectivity index (χ4v) is 2.62. The van der Waals surface area contributed by atoms with E-state index < -0.39 is 0 Å². The van der Waals surface area contributed by atoms with E-state index in [0.29, 0.717) is 0 Å². The highest BCUT2D eigenvalue weighted by Crippen LogP contribution is 2.23. The molecular formula is C16H14NO+. The van der Waals surface area contributed by atoms with Crippen molar-refractivity contribution in [1.82, 2.24) is 0 Å². The molecule has 0 aliphatic heterocycles. The second-order valence-corrected chi connectivity index (χ2v) is 4.31. The minimum atomic E-state index is 0.783. The third kappa shape index (κ3) is 1.42. The Balaban J connectivity index is 2.65. The molecule has 0 spiro atoms. The van der Waals surface area contributed by atoms with Crippen molar-refractivity contribution in [1.29, 1.82) is 0 Å². The molecule has 2 nitrogen and oxygen atoms in total. The summed E-state index contributed by atoms with van der Waals surface area (Å²) in [5, 5.41) is 2.04. The quantitative estimate of drug-likeness (QED) is 0.380. The van der Waals surface area contributed by atoms with E-state index in [-0.39, 0.29) is 0 Å². The lowest BCUT2D eigenvalue weighted by molar-refractivity contribution is -0.641. The average molecular weight is 236 g/mol. The molecule has 1 aromatic heterocycles. The Morgan fingerprint density at radius 2 is 1.44 bits per heavy atom. The Morgan fingerprint density at radius 1 is 0.944 bits per heavy atom. The molecule has 1 heterocycles. The van der Waals surface area contributed by atoms with Gasteiger partial charge in [-0.15, -0.1) is 0 Å². The molecule has 0 radical (unpaired) electrons. The van der Waals surface area contributed by atoms with E-state index in [4.69, 9.17) is 0 Å². The number of hydrogen-bond donors (Lipinski definition) is 0. The van der Waals surface area contributed by atoms with Gasteiger partial charge in [-0.25, -0.2) is 0 Å². The summed E-state index contributed by atoms with van der Waals surface area (Å²) in [4.78, 5) is 11.4. The number of aromatic nitrogens is 1. The van der Waals surface area contributed by atoms with Crippen LogP contribution in [0.4, 0.5) is 0 Å². The molecule has 18 heavy (non-hydrogen) atoms. The van der Waals surface area contributed by atoms with Gasteiger partial charge < -0.3 is 0 Å². The molecule has 0 aliphatic rings. The van der Waals surface area contributed by atoms with Gasteiger partial charge in [-0.05, 0) is 19.1 Å². The first kappa shape index (κ1) is 10.9. The number of para-hydroxylation sites is 2. The largest absolute Gasteiger partial charge is 0.298 e. The monoisotopic (exact) mass is 236 g/mol. The molecule has 0 amide bonds. The number of fused-ring (bicyclic) bond motifs is 2. The molecule has 0 aliphatic carbocycles. The molecule has 3 rings (SSSR count). The number of aldehydes is 1. The van der Waals surface area contributed by atoms with Crippen LogP contribution in [0.3, 0.4) is 0 Å². The van der Waals surface area contributed by atoms with Crippen LogP contribution < -0.4 is 4.57 Å². The van der Waals surface area contributed by atoms with Crippen molar-refractivity contribution in [3.63, 3.8) is 0 Å². The smallest absolute Gasteiger partial charge is 0.213 e. The molecule has 0 bridgehead atoms. The Bertz CT molecular complexity index is 690. The molecule has 3 aromatic rings. The molecule has 88 valence electrons. The minimum absolute atomic E-state index is 0.783. The molecule has 0 atom stereocenters. The summed E-state index contributed by atoms with van der Waals surface area (Å²) in [6.07, 6.45) is 0.963. The third-order valence-corrected chi connectivity index (χ3v) is 3.40. The highest BCUT2D eigenvalue weighted by atomic mass is 16.1. The lowest BCUT2D eigenvalue weighted by Gasteiger charge is -2.06. The number of rotatable bonds is 2. The van der Waals surface area contributed by atoms with Gasteiger partial charge in [-0.3, -0.25) is 4.79 Å². The van der Waals surface area contributed by atoms with Gasteiger partial charge in [0.2, 0.25) is 11.0 Å². The van der Waals surface area contributed by atoms with E-state index in [9.17, 15) is 4.79 Å². The first-order valence-corrected chi connectivity index (χ1v) is 6.15. The summed E-state index contributed by atoms with van der Waals surface area (Å²) >= 11 is 0. The summed E-state index contributed by atoms with van der Waals surface area (Å²) < 4.78 is 2.25. The Kier molecular flexibility index (Phi) is 2.56. The van der Waals surface area contributed by atoms with Crippen LogP contribution in [0.5, 0.6) is 0 Å². The predicted molar refractivity (Wildman–Crippen MR) is 72.7 cm³/mol. The Labute approximate surface area is 105 Å². The lowest BCUT2D eigenvalue weighted by Crippen LogP contribution is -2.34. The van der Waals surface area contributed by atoms with Crippen LogP contribution in [-0.2, 0) is 6.54 Å². The van der Waals surface area contributed by atoms with Crippen LogP contribution in [0.1, 0.15) is 17.3 Å². The van der Waals surface area contributed by atoms with Crippen molar-refractivity contribution >= 4 is 28.1 Å². The summed E-state index contributed by atoms with van der Waals surface area (Å²) in [7, 11) is 0. The standard InChI is InChI=1S/C16H14NO/c1-2-17-15-9-5-3-7-12(15)14(11-18)13-8-4-6-10-16(13)17/h3-11H,2H2,1H3/q+1. The van der Waals surface area contributed by atoms with Crippen LogP contribution in [0.2, 0.25) is 0 Å². The molecule has 2 heteroatoms. The summed E-state index contributed by atoms with van der Waals surface area (Å²) in [5.41, 5.74) is 3.01. The molecule has 0 N–H and O–H groups in total. The fraction of sp³-hybridized carbons (Fsp3) is 0.125. The third-order valence-electron chi connectivity index (χ3n) is 3.40. The number of aryl methyl sites for hydroxylation is 1. The summed E-state index contributed by atoms with van der Waals surface area (Å²) in [6, 6.07) is 16.1. The van der Waals surface area contributed by atoms with Crippen LogP contribution in [0.15, 0.2) is 48.5 Å². The van der Waals surface area contributed by atoms with Gasteiger partial charge in [0, 0.05) is 17.7 Å². The maximum atomic E-state index is 11.4. The van der Waals surface area contributed by atoms with Gasteiger partial charge in [0.1, 0.15) is 6.54 Å². The van der Waals surface area contributed by atoms with Gasteiger partial charge in [-0.2, -0.15) is 4.57 Å². The van der Waals surface area contributed by atoms with Crippen molar-refractivity contribution < 1.29 is 9.36 Å². The maximum absolute atomic E-state index is 11.4. The van der Waals surface area contributed by atoms with E-state index in [2.05, 4.69) is 23.6 Å². The lowest BCUT2D eigenvalue weighted by atomic mass is 10.0. The zero-order valence-electron chi connectivity index (χ0n) is 10.3. The molecule has 2 aromatic carbocycles. The van der Waals surface area contributed by atoms with E-state index >= 15 is 0 Å². The SMILES string of the molecule is CC[n+]1c2ccccc2c(C=O)c2ccccc21. The van der Waals surface area contributed by atoms with Gasteiger partial charge in [0.15, 0.2) is 6.29 Å². The average Bonchev–Trinajstić information content (AvgIpc) is 2.44. The highest BCUT2D eigenvalue weighted by Gasteiger charge is 2.17. The van der Waals surface area contributed by atoms with Gasteiger partial charge >= 0.3 is 0 Å². The van der Waals surface area contributed by atoms with Crippen molar-refractivity contribution in [2.45, 2.75) is 13.5 Å². The van der Waals surface area contributed by atoms with E-state index in [1.807, 2.05) is 36.4 Å². The Hall–Kier alpha value is -2.22. The molecule has 0 saturated heterocycles. The predicted octanol–water partition coefficient (Wildman–Crippen LogP) is 3.11. The molecular weight excluding hydrogens is 222 g/mol. The van der Waals surface area contributed by atoms with Crippen LogP contribution in [0.25, 0.3) is 21.8 Å². The van der Waals surface area contributed by atoms with Crippen molar-refractivity contribution in [3.8, 4) is 0 Å². The minimum Gasteiger partial charge on any atom is -0.298 e. The zero-order chi connectivity index (χ0) is 12.5. The van der Waals surface area contributed by atoms with Crippen LogP contribution in [0, 0.1) is 0 Å². The van der Waals surface area contributed by atoms with Crippen LogP contribution >= 0.6 is 0 Å². The summed E-state index contributed by atoms with van der Waals surface area (Å²) in [5.74, 6) is 0. The second kappa shape index (κ2) is 4.22. The van der Waals surface area contributed by atoms with Crippen molar-refractivity contribution in [2.24, 2.45) is 0 Å². The van der Waals surface area contributed by atoms with Crippen molar-refractivity contribution in [2.75, 3.05) is 0 Å². The van der Waals surface area contributed by atoms with E-state index in [1.54, 1.807) is 0 Å². The Morgan fingerprint density at radius 3 is 1.89 bits per heavy atom. The van der Waals surface area contributed by atoms with Crippen molar-refractivity contribution in [3.05, 3.63) is 54.1 Å². The first-order valence-electron chi connectivity index (χ1n) is 6.15. The van der Waals surface area contributed by atoms with Gasteiger partial charge in [-0.1, -0.05) is 24.3 Å². The maximum Gasteiger partial charge on any atom is 0.213 e. The number of nitrogens with zero attached hydrogens (tertiary/aromatic N) is 1. The number of carbonyl (C=O) groups is 1. The molecule has 0 unspecified atom stereocenters. The first-order chi connectivity index (χ1) is 8.86. The highest BCUT2D eigenvalue weighted by molar-refractivity contribution is 6.07. The fourth-order valence-electron chi connectivity index (χ4n) is 2.62. The summed E-state index contributed by atoms with van der Waals surface area (Å²) in [6.45, 7) is 3.01. The molecule has 0 saturated carbocycles. The number of carbonyl (C=O) groups excluding carboxylic acids is 1. The number of hydrogen-bond acceptors (Lipinski definition) is 1. The van der Waals surface area contributed by atoms with Gasteiger partial charge in [0.25, 0.3) is 0 Å². The van der Waals surface area contributed by atoms with Crippen LogP contribution in [-0.4, -0.2) is 6.29 Å².